The molecular weight excluding hydrogens is 426 g/mol. The number of unbranched alkanes of at least 4 members (excludes halogenated alkanes) is 1. The molecule has 4 rings (SSSR count). The quantitative estimate of drug-likeness (QED) is 0.350. The lowest BCUT2D eigenvalue weighted by molar-refractivity contribution is 0.0965. The van der Waals surface area contributed by atoms with E-state index in [1.165, 1.54) is 12.8 Å². The number of hydrogen-bond donors (Lipinski definition) is 1. The Bertz CT molecular complexity index is 1030. The van der Waals surface area contributed by atoms with Crippen molar-refractivity contribution in [2.75, 3.05) is 20.2 Å². The van der Waals surface area contributed by atoms with E-state index in [0.717, 1.165) is 66.0 Å². The Morgan fingerprint density at radius 2 is 1.79 bits per heavy atom. The third-order valence-electron chi connectivity index (χ3n) is 6.37. The fraction of sp³-hybridized carbons (Fsp3) is 0.464. The lowest BCUT2D eigenvalue weighted by Crippen LogP contribution is -2.34. The summed E-state index contributed by atoms with van der Waals surface area (Å²) in [5, 5.41) is 15.5. The highest BCUT2D eigenvalue weighted by Gasteiger charge is 2.28. The number of aliphatic hydroxyl groups excluding tert-OH is 1. The highest BCUT2D eigenvalue weighted by molar-refractivity contribution is 5.44. The van der Waals surface area contributed by atoms with Crippen LogP contribution in [0.2, 0.25) is 0 Å². The van der Waals surface area contributed by atoms with Gasteiger partial charge in [0.1, 0.15) is 11.5 Å². The number of aliphatic hydroxyl groups is 1. The van der Waals surface area contributed by atoms with Crippen molar-refractivity contribution >= 4 is 0 Å². The van der Waals surface area contributed by atoms with Gasteiger partial charge in [-0.3, -0.25) is 4.90 Å². The Balaban J connectivity index is 1.64. The third kappa shape index (κ3) is 6.39. The van der Waals surface area contributed by atoms with E-state index in [-0.39, 0.29) is 6.10 Å². The summed E-state index contributed by atoms with van der Waals surface area (Å²) in [7, 11) is 1.66. The minimum absolute atomic E-state index is 0.311. The Morgan fingerprint density at radius 1 is 1.09 bits per heavy atom. The van der Waals surface area contributed by atoms with Gasteiger partial charge in [0.05, 0.1) is 30.2 Å². The second-order valence-corrected chi connectivity index (χ2v) is 9.33. The smallest absolute Gasteiger partial charge is 0.227 e. The summed E-state index contributed by atoms with van der Waals surface area (Å²) >= 11 is 0. The predicted octanol–water partition coefficient (Wildman–Crippen LogP) is 5.74. The largest absolute Gasteiger partial charge is 0.497 e. The van der Waals surface area contributed by atoms with Gasteiger partial charge >= 0.3 is 0 Å². The highest BCUT2D eigenvalue weighted by Crippen LogP contribution is 2.34. The summed E-state index contributed by atoms with van der Waals surface area (Å²) in [5.41, 5.74) is 2.95. The van der Waals surface area contributed by atoms with Crippen molar-refractivity contribution in [1.82, 2.24) is 14.7 Å². The second kappa shape index (κ2) is 11.5. The van der Waals surface area contributed by atoms with Crippen LogP contribution in [0.1, 0.15) is 50.3 Å². The van der Waals surface area contributed by atoms with Crippen LogP contribution in [-0.2, 0) is 6.54 Å². The van der Waals surface area contributed by atoms with Crippen LogP contribution in [0.15, 0.2) is 54.6 Å². The summed E-state index contributed by atoms with van der Waals surface area (Å²) in [6, 6.07) is 17.7. The number of hydrogen-bond acceptors (Lipinski definition) is 5. The average molecular weight is 464 g/mol. The number of methoxy groups -OCH3 is 1. The molecule has 0 aliphatic heterocycles. The lowest BCUT2D eigenvalue weighted by atomic mass is 10.1. The SMILES string of the molecule is CCCCC(O)CN(Cc1c(C)nn(-c2ccccc2)c1Oc1ccc(OC)cc1)CC1CC1. The second-order valence-electron chi connectivity index (χ2n) is 9.33. The van der Waals surface area contributed by atoms with Crippen molar-refractivity contribution in [3.05, 3.63) is 65.9 Å². The normalized spacial score (nSPS) is 14.4. The first kappa shape index (κ1) is 24.3. The lowest BCUT2D eigenvalue weighted by Gasteiger charge is -2.25. The molecule has 0 bridgehead atoms. The van der Waals surface area contributed by atoms with E-state index in [0.29, 0.717) is 13.1 Å². The van der Waals surface area contributed by atoms with Gasteiger partial charge in [0, 0.05) is 19.6 Å². The van der Waals surface area contributed by atoms with Crippen LogP contribution in [0.4, 0.5) is 0 Å². The molecule has 182 valence electrons. The van der Waals surface area contributed by atoms with Crippen molar-refractivity contribution in [1.29, 1.82) is 0 Å². The summed E-state index contributed by atoms with van der Waals surface area (Å²) in [6.07, 6.45) is 5.24. The molecule has 1 aliphatic carbocycles. The first-order valence-electron chi connectivity index (χ1n) is 12.4. The first-order chi connectivity index (χ1) is 16.6. The summed E-state index contributed by atoms with van der Waals surface area (Å²) < 4.78 is 13.6. The zero-order valence-electron chi connectivity index (χ0n) is 20.6. The Kier molecular flexibility index (Phi) is 8.25. The zero-order valence-corrected chi connectivity index (χ0v) is 20.6. The van der Waals surface area contributed by atoms with Gasteiger partial charge in [-0.05, 0) is 68.5 Å². The number of ether oxygens (including phenoxy) is 2. The van der Waals surface area contributed by atoms with Crippen LogP contribution in [0.25, 0.3) is 5.69 Å². The van der Waals surface area contributed by atoms with Crippen molar-refractivity contribution in [2.45, 2.75) is 58.6 Å². The van der Waals surface area contributed by atoms with Crippen LogP contribution < -0.4 is 9.47 Å². The van der Waals surface area contributed by atoms with Gasteiger partial charge in [0.25, 0.3) is 0 Å². The third-order valence-corrected chi connectivity index (χ3v) is 6.37. The number of rotatable bonds is 13. The molecule has 0 radical (unpaired) electrons. The van der Waals surface area contributed by atoms with Gasteiger partial charge in [-0.25, -0.2) is 4.68 Å². The molecule has 0 spiro atoms. The van der Waals surface area contributed by atoms with Gasteiger partial charge < -0.3 is 14.6 Å². The molecule has 1 atom stereocenters. The molecule has 0 amide bonds. The minimum Gasteiger partial charge on any atom is -0.497 e. The van der Waals surface area contributed by atoms with E-state index in [1.54, 1.807) is 7.11 Å². The minimum atomic E-state index is -0.311. The first-order valence-corrected chi connectivity index (χ1v) is 12.4. The number of benzene rings is 2. The zero-order chi connectivity index (χ0) is 23.9. The molecule has 1 fully saturated rings. The molecule has 34 heavy (non-hydrogen) atoms. The monoisotopic (exact) mass is 463 g/mol. The molecule has 1 saturated carbocycles. The van der Waals surface area contributed by atoms with E-state index < -0.39 is 0 Å². The van der Waals surface area contributed by atoms with Crippen LogP contribution in [-0.4, -0.2) is 46.1 Å². The van der Waals surface area contributed by atoms with Gasteiger partial charge in [-0.15, -0.1) is 0 Å². The average Bonchev–Trinajstić information content (AvgIpc) is 3.63. The summed E-state index contributed by atoms with van der Waals surface area (Å²) in [4.78, 5) is 2.39. The van der Waals surface area contributed by atoms with Gasteiger partial charge in [0.2, 0.25) is 5.88 Å². The molecule has 1 aliphatic rings. The molecule has 1 N–H and O–H groups in total. The van der Waals surface area contributed by atoms with E-state index in [1.807, 2.05) is 66.2 Å². The van der Waals surface area contributed by atoms with Gasteiger partial charge in [-0.1, -0.05) is 38.0 Å². The van der Waals surface area contributed by atoms with E-state index in [9.17, 15) is 5.11 Å². The Hall–Kier alpha value is -2.83. The summed E-state index contributed by atoms with van der Waals surface area (Å²) in [6.45, 7) is 6.58. The molecule has 1 unspecified atom stereocenters. The number of aryl methyl sites for hydroxylation is 1. The molecule has 6 heteroatoms. The summed E-state index contributed by atoms with van der Waals surface area (Å²) in [5.74, 6) is 2.97. The topological polar surface area (TPSA) is 59.8 Å². The van der Waals surface area contributed by atoms with Crippen molar-refractivity contribution < 1.29 is 14.6 Å². The van der Waals surface area contributed by atoms with E-state index >= 15 is 0 Å². The standard InChI is InChI=1S/C28H37N3O3/c1-4-5-11-24(32)19-30(18-22-12-13-22)20-27-21(2)29-31(23-9-7-6-8-10-23)28(27)34-26-16-14-25(33-3)15-17-26/h6-10,14-17,22,24,32H,4-5,11-13,18-20H2,1-3H3. The molecule has 1 aromatic heterocycles. The highest BCUT2D eigenvalue weighted by atomic mass is 16.5. The van der Waals surface area contributed by atoms with Crippen LogP contribution in [0, 0.1) is 12.8 Å². The molecule has 0 saturated heterocycles. The maximum Gasteiger partial charge on any atom is 0.227 e. The molecular formula is C28H37N3O3. The molecule has 6 nitrogen and oxygen atoms in total. The maximum atomic E-state index is 10.7. The van der Waals surface area contributed by atoms with Crippen molar-refractivity contribution in [3.8, 4) is 23.1 Å². The maximum absolute atomic E-state index is 10.7. The van der Waals surface area contributed by atoms with Gasteiger partial charge in [-0.2, -0.15) is 5.10 Å². The number of nitrogens with zero attached hydrogens (tertiary/aromatic N) is 3. The number of aromatic nitrogens is 2. The van der Waals surface area contributed by atoms with Crippen LogP contribution in [0.5, 0.6) is 17.4 Å². The number of para-hydroxylation sites is 1. The van der Waals surface area contributed by atoms with Crippen LogP contribution in [0.3, 0.4) is 0 Å². The van der Waals surface area contributed by atoms with Crippen molar-refractivity contribution in [3.63, 3.8) is 0 Å². The molecule has 3 aromatic rings. The Labute approximate surface area is 203 Å². The van der Waals surface area contributed by atoms with E-state index in [4.69, 9.17) is 14.6 Å². The van der Waals surface area contributed by atoms with Crippen molar-refractivity contribution in [2.24, 2.45) is 5.92 Å². The fourth-order valence-electron chi connectivity index (χ4n) is 4.25. The molecule has 2 aromatic carbocycles. The van der Waals surface area contributed by atoms with E-state index in [2.05, 4.69) is 11.8 Å². The predicted molar refractivity (Wildman–Crippen MR) is 135 cm³/mol. The Morgan fingerprint density at radius 3 is 2.44 bits per heavy atom. The fourth-order valence-corrected chi connectivity index (χ4v) is 4.25. The van der Waals surface area contributed by atoms with Gasteiger partial charge in [0.15, 0.2) is 0 Å². The molecule has 1 heterocycles. The van der Waals surface area contributed by atoms with Crippen LogP contribution >= 0.6 is 0 Å².